The molecule has 114 valence electrons. The maximum absolute atomic E-state index is 13.9. The summed E-state index contributed by atoms with van der Waals surface area (Å²) < 4.78 is 21.5. The van der Waals surface area contributed by atoms with Crippen molar-refractivity contribution in [3.05, 3.63) is 58.7 Å². The Hall–Kier alpha value is -2.14. The molecule has 2 heterocycles. The van der Waals surface area contributed by atoms with Crippen molar-refractivity contribution in [3.63, 3.8) is 0 Å². The van der Waals surface area contributed by atoms with Gasteiger partial charge in [0.15, 0.2) is 10.6 Å². The number of hydrogen-bond acceptors (Lipinski definition) is 3. The number of thiazole rings is 1. The van der Waals surface area contributed by atoms with Crippen LogP contribution < -0.4 is 4.80 Å². The van der Waals surface area contributed by atoms with E-state index in [1.807, 2.05) is 17.5 Å². The van der Waals surface area contributed by atoms with Crippen molar-refractivity contribution in [2.45, 2.75) is 26.3 Å². The fourth-order valence-corrected chi connectivity index (χ4v) is 3.25. The Labute approximate surface area is 132 Å². The van der Waals surface area contributed by atoms with E-state index in [1.165, 1.54) is 17.4 Å². The van der Waals surface area contributed by atoms with E-state index < -0.39 is 0 Å². The Morgan fingerprint density at radius 3 is 2.77 bits per heavy atom. The highest BCUT2D eigenvalue weighted by Gasteiger charge is 2.14. The molecule has 0 spiro atoms. The SMILES string of the molecule is CCC(C)n1c(-c2ccco2)csc1=Nc1ccccc1F. The molecule has 0 amide bonds. The molecule has 0 bridgehead atoms. The van der Waals surface area contributed by atoms with Gasteiger partial charge in [0.1, 0.15) is 11.5 Å². The van der Waals surface area contributed by atoms with E-state index >= 15 is 0 Å². The molecule has 0 aliphatic heterocycles. The van der Waals surface area contributed by atoms with Crippen LogP contribution in [0.1, 0.15) is 26.3 Å². The quantitative estimate of drug-likeness (QED) is 0.654. The van der Waals surface area contributed by atoms with Crippen LogP contribution in [0.4, 0.5) is 10.1 Å². The molecular weight excluding hydrogens is 299 g/mol. The van der Waals surface area contributed by atoms with Crippen LogP contribution in [-0.4, -0.2) is 4.57 Å². The summed E-state index contributed by atoms with van der Waals surface area (Å²) in [6, 6.07) is 10.6. The second-order valence-corrected chi connectivity index (χ2v) is 5.91. The lowest BCUT2D eigenvalue weighted by atomic mass is 10.2. The van der Waals surface area contributed by atoms with Crippen molar-refractivity contribution < 1.29 is 8.81 Å². The third-order valence-electron chi connectivity index (χ3n) is 3.62. The van der Waals surface area contributed by atoms with E-state index in [9.17, 15) is 4.39 Å². The summed E-state index contributed by atoms with van der Waals surface area (Å²) in [4.78, 5) is 5.27. The van der Waals surface area contributed by atoms with Gasteiger partial charge in [0.05, 0.1) is 12.0 Å². The molecule has 0 radical (unpaired) electrons. The zero-order valence-corrected chi connectivity index (χ0v) is 13.3. The van der Waals surface area contributed by atoms with Gasteiger partial charge in [-0.15, -0.1) is 11.3 Å². The van der Waals surface area contributed by atoms with Crippen molar-refractivity contribution >= 4 is 17.0 Å². The predicted octanol–water partition coefficient (Wildman–Crippen LogP) is 5.15. The van der Waals surface area contributed by atoms with Crippen LogP contribution in [0.3, 0.4) is 0 Å². The van der Waals surface area contributed by atoms with Crippen LogP contribution in [-0.2, 0) is 0 Å². The average Bonchev–Trinajstić information content (AvgIpc) is 3.18. The summed E-state index contributed by atoms with van der Waals surface area (Å²) in [7, 11) is 0. The summed E-state index contributed by atoms with van der Waals surface area (Å²) in [6.45, 7) is 4.24. The standard InChI is InChI=1S/C17H17FN2OS/c1-3-12(2)20-15(16-9-6-10-21-16)11-22-17(20)19-14-8-5-4-7-13(14)18/h4-12H,3H2,1-2H3. The van der Waals surface area contributed by atoms with Gasteiger partial charge >= 0.3 is 0 Å². The second kappa shape index (κ2) is 6.32. The molecule has 2 aromatic heterocycles. The Balaban J connectivity index is 2.19. The molecule has 3 aromatic rings. The van der Waals surface area contributed by atoms with E-state index in [-0.39, 0.29) is 11.9 Å². The molecule has 3 rings (SSSR count). The maximum atomic E-state index is 13.9. The molecule has 0 aliphatic carbocycles. The van der Waals surface area contributed by atoms with Gasteiger partial charge in [-0.3, -0.25) is 0 Å². The summed E-state index contributed by atoms with van der Waals surface area (Å²) in [6.07, 6.45) is 2.61. The molecule has 5 heteroatoms. The number of halogens is 1. The number of aromatic nitrogens is 1. The highest BCUT2D eigenvalue weighted by molar-refractivity contribution is 7.07. The van der Waals surface area contributed by atoms with Crippen LogP contribution in [0, 0.1) is 5.82 Å². The monoisotopic (exact) mass is 316 g/mol. The molecule has 0 saturated heterocycles. The van der Waals surface area contributed by atoms with Crippen molar-refractivity contribution in [1.82, 2.24) is 4.57 Å². The molecule has 0 aliphatic rings. The fraction of sp³-hybridized carbons (Fsp3) is 0.235. The molecule has 3 nitrogen and oxygen atoms in total. The molecule has 1 atom stereocenters. The first kappa shape index (κ1) is 14.8. The third kappa shape index (κ3) is 2.76. The molecule has 1 unspecified atom stereocenters. The van der Waals surface area contributed by atoms with Gasteiger partial charge in [0.25, 0.3) is 0 Å². The number of hydrogen-bond donors (Lipinski definition) is 0. The lowest BCUT2D eigenvalue weighted by Gasteiger charge is -2.14. The third-order valence-corrected chi connectivity index (χ3v) is 4.46. The normalized spacial score (nSPS) is 13.5. The molecule has 0 saturated carbocycles. The zero-order chi connectivity index (χ0) is 15.5. The number of rotatable bonds is 4. The highest BCUT2D eigenvalue weighted by Crippen LogP contribution is 2.25. The van der Waals surface area contributed by atoms with Gasteiger partial charge < -0.3 is 8.98 Å². The molecule has 0 fully saturated rings. The van der Waals surface area contributed by atoms with E-state index in [0.717, 1.165) is 22.7 Å². The van der Waals surface area contributed by atoms with Gasteiger partial charge in [0.2, 0.25) is 0 Å². The minimum Gasteiger partial charge on any atom is -0.463 e. The lowest BCUT2D eigenvalue weighted by Crippen LogP contribution is -2.19. The van der Waals surface area contributed by atoms with Crippen LogP contribution >= 0.6 is 11.3 Å². The predicted molar refractivity (Wildman–Crippen MR) is 86.6 cm³/mol. The van der Waals surface area contributed by atoms with Crippen molar-refractivity contribution in [1.29, 1.82) is 0 Å². The minimum atomic E-state index is -0.314. The van der Waals surface area contributed by atoms with Gasteiger partial charge in [0, 0.05) is 11.4 Å². The average molecular weight is 316 g/mol. The Kier molecular flexibility index (Phi) is 4.24. The van der Waals surface area contributed by atoms with Crippen molar-refractivity contribution in [3.8, 4) is 11.5 Å². The minimum absolute atomic E-state index is 0.247. The Morgan fingerprint density at radius 2 is 2.09 bits per heavy atom. The number of benzene rings is 1. The molecule has 22 heavy (non-hydrogen) atoms. The van der Waals surface area contributed by atoms with E-state index in [2.05, 4.69) is 23.4 Å². The van der Waals surface area contributed by atoms with E-state index in [0.29, 0.717) is 5.69 Å². The summed E-state index contributed by atoms with van der Waals surface area (Å²) in [5, 5.41) is 2.00. The first-order valence-electron chi connectivity index (χ1n) is 7.24. The molecule has 0 N–H and O–H groups in total. The molecule has 1 aromatic carbocycles. The number of furan rings is 1. The summed E-state index contributed by atoms with van der Waals surface area (Å²) in [5.41, 5.74) is 1.33. The Bertz CT molecular complexity index is 817. The van der Waals surface area contributed by atoms with Crippen molar-refractivity contribution in [2.24, 2.45) is 4.99 Å². The first-order chi connectivity index (χ1) is 10.7. The van der Waals surface area contributed by atoms with Crippen LogP contribution in [0.15, 0.2) is 57.5 Å². The summed E-state index contributed by atoms with van der Waals surface area (Å²) >= 11 is 1.49. The smallest absolute Gasteiger partial charge is 0.190 e. The van der Waals surface area contributed by atoms with Crippen LogP contribution in [0.5, 0.6) is 0 Å². The summed E-state index contributed by atoms with van der Waals surface area (Å²) in [5.74, 6) is 0.484. The van der Waals surface area contributed by atoms with E-state index in [1.54, 1.807) is 24.5 Å². The first-order valence-corrected chi connectivity index (χ1v) is 8.11. The topological polar surface area (TPSA) is 30.4 Å². The van der Waals surface area contributed by atoms with Gasteiger partial charge in [-0.25, -0.2) is 9.38 Å². The van der Waals surface area contributed by atoms with Gasteiger partial charge in [-0.05, 0) is 37.6 Å². The van der Waals surface area contributed by atoms with Gasteiger partial charge in [-0.2, -0.15) is 0 Å². The fourth-order valence-electron chi connectivity index (χ4n) is 2.26. The number of para-hydroxylation sites is 1. The second-order valence-electron chi connectivity index (χ2n) is 5.07. The highest BCUT2D eigenvalue weighted by atomic mass is 32.1. The zero-order valence-electron chi connectivity index (χ0n) is 12.5. The number of nitrogens with zero attached hydrogens (tertiary/aromatic N) is 2. The lowest BCUT2D eigenvalue weighted by molar-refractivity contribution is 0.508. The molecular formula is C17H17FN2OS. The van der Waals surface area contributed by atoms with E-state index in [4.69, 9.17) is 4.42 Å². The maximum Gasteiger partial charge on any atom is 0.190 e. The Morgan fingerprint density at radius 1 is 1.27 bits per heavy atom. The van der Waals surface area contributed by atoms with Gasteiger partial charge in [-0.1, -0.05) is 19.1 Å². The largest absolute Gasteiger partial charge is 0.463 e. The van der Waals surface area contributed by atoms with Crippen LogP contribution in [0.2, 0.25) is 0 Å². The van der Waals surface area contributed by atoms with Crippen LogP contribution in [0.25, 0.3) is 11.5 Å². The van der Waals surface area contributed by atoms with Crippen molar-refractivity contribution in [2.75, 3.05) is 0 Å².